The van der Waals surface area contributed by atoms with Crippen LogP contribution in [-0.2, 0) is 12.8 Å². The Balaban J connectivity index is 2.12. The van der Waals surface area contributed by atoms with E-state index in [0.717, 1.165) is 46.6 Å². The highest BCUT2D eigenvalue weighted by atomic mass is 79.9. The van der Waals surface area contributed by atoms with Crippen LogP contribution in [0.2, 0.25) is 0 Å². The molecule has 0 bridgehead atoms. The number of aromatic nitrogens is 2. The van der Waals surface area contributed by atoms with Crippen molar-refractivity contribution in [2.24, 2.45) is 5.84 Å². The predicted octanol–water partition coefficient (Wildman–Crippen LogP) is 2.99. The molecule has 0 amide bonds. The molecule has 4 nitrogen and oxygen atoms in total. The molecule has 3 N–H and O–H groups in total. The number of aryl methyl sites for hydroxylation is 2. The molecule has 3 rings (SSSR count). The zero-order chi connectivity index (χ0) is 13.4. The molecule has 0 saturated carbocycles. The number of nitrogens with zero attached hydrogens (tertiary/aromatic N) is 2. The molecule has 2 aromatic rings. The first-order valence-electron chi connectivity index (χ1n) is 6.32. The van der Waals surface area contributed by atoms with E-state index in [1.165, 1.54) is 11.1 Å². The van der Waals surface area contributed by atoms with Gasteiger partial charge >= 0.3 is 0 Å². The van der Waals surface area contributed by atoms with Gasteiger partial charge in [0, 0.05) is 21.3 Å². The summed E-state index contributed by atoms with van der Waals surface area (Å²) in [7, 11) is 0. The van der Waals surface area contributed by atoms with E-state index in [-0.39, 0.29) is 0 Å². The van der Waals surface area contributed by atoms with Gasteiger partial charge in [-0.3, -0.25) is 0 Å². The van der Waals surface area contributed by atoms with Crippen molar-refractivity contribution in [3.63, 3.8) is 0 Å². The second-order valence-corrected chi connectivity index (χ2v) is 5.64. The SMILES string of the molecule is Cc1cc(-c2nc3c(c(NN)n2)CCC3)ccc1Br. The first kappa shape index (κ1) is 12.6. The second-order valence-electron chi connectivity index (χ2n) is 4.78. The third-order valence-electron chi connectivity index (χ3n) is 3.49. The predicted molar refractivity (Wildman–Crippen MR) is 79.7 cm³/mol. The molecule has 0 radical (unpaired) electrons. The normalized spacial score (nSPS) is 13.4. The van der Waals surface area contributed by atoms with Crippen molar-refractivity contribution in [1.29, 1.82) is 0 Å². The number of benzene rings is 1. The topological polar surface area (TPSA) is 63.8 Å². The fourth-order valence-electron chi connectivity index (χ4n) is 2.46. The number of nitrogens with one attached hydrogen (secondary N) is 1. The van der Waals surface area contributed by atoms with Crippen LogP contribution in [0.1, 0.15) is 23.2 Å². The second kappa shape index (κ2) is 4.90. The number of rotatable bonds is 2. The molecule has 1 aromatic heterocycles. The molecule has 0 aliphatic heterocycles. The van der Waals surface area contributed by atoms with Gasteiger partial charge in [0.1, 0.15) is 5.82 Å². The van der Waals surface area contributed by atoms with Gasteiger partial charge in [0.05, 0.1) is 0 Å². The van der Waals surface area contributed by atoms with Crippen molar-refractivity contribution in [3.05, 3.63) is 39.5 Å². The first-order valence-corrected chi connectivity index (χ1v) is 7.11. The molecule has 98 valence electrons. The van der Waals surface area contributed by atoms with Crippen LogP contribution in [0.25, 0.3) is 11.4 Å². The first-order chi connectivity index (χ1) is 9.19. The Kier molecular flexibility index (Phi) is 3.24. The summed E-state index contributed by atoms with van der Waals surface area (Å²) in [5.41, 5.74) is 7.18. The molecule has 0 fully saturated rings. The number of fused-ring (bicyclic) bond motifs is 1. The summed E-state index contributed by atoms with van der Waals surface area (Å²) in [4.78, 5) is 9.22. The smallest absolute Gasteiger partial charge is 0.161 e. The Morgan fingerprint density at radius 1 is 1.26 bits per heavy atom. The summed E-state index contributed by atoms with van der Waals surface area (Å²) in [6.45, 7) is 2.06. The maximum Gasteiger partial charge on any atom is 0.161 e. The van der Waals surface area contributed by atoms with Crippen LogP contribution in [-0.4, -0.2) is 9.97 Å². The fraction of sp³-hybridized carbons (Fsp3) is 0.286. The quantitative estimate of drug-likeness (QED) is 0.660. The Hall–Kier alpha value is -1.46. The van der Waals surface area contributed by atoms with E-state index >= 15 is 0 Å². The maximum atomic E-state index is 5.58. The van der Waals surface area contributed by atoms with Crippen LogP contribution in [0.5, 0.6) is 0 Å². The van der Waals surface area contributed by atoms with Gasteiger partial charge in [-0.1, -0.05) is 22.0 Å². The maximum absolute atomic E-state index is 5.58. The van der Waals surface area contributed by atoms with E-state index in [1.54, 1.807) is 0 Å². The van der Waals surface area contributed by atoms with Gasteiger partial charge in [0.15, 0.2) is 5.82 Å². The molecule has 19 heavy (non-hydrogen) atoms. The molecule has 0 atom stereocenters. The van der Waals surface area contributed by atoms with Crippen molar-refractivity contribution in [1.82, 2.24) is 9.97 Å². The molecule has 1 aliphatic carbocycles. The van der Waals surface area contributed by atoms with Crippen molar-refractivity contribution in [2.75, 3.05) is 5.43 Å². The average molecular weight is 319 g/mol. The number of hydrogen-bond acceptors (Lipinski definition) is 4. The van der Waals surface area contributed by atoms with E-state index < -0.39 is 0 Å². The Morgan fingerprint density at radius 2 is 2.11 bits per heavy atom. The molecule has 1 aromatic carbocycles. The zero-order valence-electron chi connectivity index (χ0n) is 10.7. The highest BCUT2D eigenvalue weighted by Gasteiger charge is 2.19. The number of hydrazine groups is 1. The number of halogens is 1. The minimum absolute atomic E-state index is 0.740. The lowest BCUT2D eigenvalue weighted by Gasteiger charge is -2.10. The minimum atomic E-state index is 0.740. The van der Waals surface area contributed by atoms with E-state index in [0.29, 0.717) is 0 Å². The van der Waals surface area contributed by atoms with Crippen molar-refractivity contribution in [2.45, 2.75) is 26.2 Å². The van der Waals surface area contributed by atoms with Crippen LogP contribution in [0, 0.1) is 6.92 Å². The van der Waals surface area contributed by atoms with E-state index in [1.807, 2.05) is 12.1 Å². The molecule has 5 heteroatoms. The van der Waals surface area contributed by atoms with Crippen LogP contribution < -0.4 is 11.3 Å². The van der Waals surface area contributed by atoms with Crippen molar-refractivity contribution in [3.8, 4) is 11.4 Å². The van der Waals surface area contributed by atoms with Gasteiger partial charge < -0.3 is 5.43 Å². The summed E-state index contributed by atoms with van der Waals surface area (Å²) >= 11 is 3.51. The van der Waals surface area contributed by atoms with Gasteiger partial charge in [-0.05, 0) is 43.9 Å². The van der Waals surface area contributed by atoms with E-state index in [9.17, 15) is 0 Å². The highest BCUT2D eigenvalue weighted by molar-refractivity contribution is 9.10. The van der Waals surface area contributed by atoms with Crippen LogP contribution >= 0.6 is 15.9 Å². The van der Waals surface area contributed by atoms with Crippen LogP contribution in [0.3, 0.4) is 0 Å². The zero-order valence-corrected chi connectivity index (χ0v) is 12.3. The summed E-state index contributed by atoms with van der Waals surface area (Å²) < 4.78 is 1.09. The van der Waals surface area contributed by atoms with E-state index in [2.05, 4.69) is 44.3 Å². The molecule has 0 unspecified atom stereocenters. The van der Waals surface area contributed by atoms with Crippen LogP contribution in [0.4, 0.5) is 5.82 Å². The lowest BCUT2D eigenvalue weighted by molar-refractivity contribution is 0.900. The van der Waals surface area contributed by atoms with Gasteiger partial charge in [-0.25, -0.2) is 15.8 Å². The number of anilines is 1. The molecular formula is C14H15BrN4. The Morgan fingerprint density at radius 3 is 2.84 bits per heavy atom. The lowest BCUT2D eigenvalue weighted by atomic mass is 10.1. The molecule has 0 spiro atoms. The molecule has 0 saturated heterocycles. The fourth-order valence-corrected chi connectivity index (χ4v) is 2.71. The van der Waals surface area contributed by atoms with Gasteiger partial charge in [-0.15, -0.1) is 0 Å². The third kappa shape index (κ3) is 2.24. The summed E-state index contributed by atoms with van der Waals surface area (Å²) in [6, 6.07) is 6.13. The Labute approximate surface area is 120 Å². The van der Waals surface area contributed by atoms with Crippen molar-refractivity contribution < 1.29 is 0 Å². The number of hydrogen-bond donors (Lipinski definition) is 2. The summed E-state index contributed by atoms with van der Waals surface area (Å²) in [6.07, 6.45) is 3.14. The standard InChI is InChI=1S/C14H15BrN4/c1-8-7-9(5-6-11(8)15)13-17-12-4-2-3-10(12)14(18-13)19-16/h5-7H,2-4,16H2,1H3,(H,17,18,19). The third-order valence-corrected chi connectivity index (χ3v) is 4.38. The monoisotopic (exact) mass is 318 g/mol. The highest BCUT2D eigenvalue weighted by Crippen LogP contribution is 2.29. The Bertz CT molecular complexity index is 640. The largest absolute Gasteiger partial charge is 0.308 e. The van der Waals surface area contributed by atoms with Gasteiger partial charge in [0.25, 0.3) is 0 Å². The minimum Gasteiger partial charge on any atom is -0.308 e. The summed E-state index contributed by atoms with van der Waals surface area (Å²) in [5.74, 6) is 7.08. The molecular weight excluding hydrogens is 304 g/mol. The van der Waals surface area contributed by atoms with Gasteiger partial charge in [-0.2, -0.15) is 0 Å². The molecule has 1 aliphatic rings. The number of nitrogen functional groups attached to an aromatic ring is 1. The molecule has 1 heterocycles. The van der Waals surface area contributed by atoms with Crippen molar-refractivity contribution >= 4 is 21.7 Å². The lowest BCUT2D eigenvalue weighted by Crippen LogP contribution is -2.12. The average Bonchev–Trinajstić information content (AvgIpc) is 2.89. The van der Waals surface area contributed by atoms with E-state index in [4.69, 9.17) is 5.84 Å². The van der Waals surface area contributed by atoms with Gasteiger partial charge in [0.2, 0.25) is 0 Å². The number of nitrogens with two attached hydrogens (primary N) is 1. The summed E-state index contributed by atoms with van der Waals surface area (Å²) in [5, 5.41) is 0. The van der Waals surface area contributed by atoms with Crippen LogP contribution in [0.15, 0.2) is 22.7 Å².